The Labute approximate surface area is 132 Å². The van der Waals surface area contributed by atoms with Gasteiger partial charge in [0, 0.05) is 5.56 Å². The summed E-state index contributed by atoms with van der Waals surface area (Å²) < 4.78 is 15.8. The lowest BCUT2D eigenvalue weighted by molar-refractivity contribution is 0.324. The summed E-state index contributed by atoms with van der Waals surface area (Å²) in [6.45, 7) is 1.56. The number of hydrazone groups is 1. The van der Waals surface area contributed by atoms with Crippen LogP contribution < -0.4 is 25.2 Å². The monoisotopic (exact) mass is 319 g/mol. The Hall–Kier alpha value is -3.10. The lowest BCUT2D eigenvalue weighted by Crippen LogP contribution is -2.15. The maximum absolute atomic E-state index is 11.4. The smallest absolute Gasteiger partial charge is 0.274 e. The molecule has 23 heavy (non-hydrogen) atoms. The molecule has 0 fully saturated rings. The molecule has 0 atom stereocenters. The first-order chi connectivity index (χ1) is 11.1. The van der Waals surface area contributed by atoms with E-state index in [9.17, 15) is 4.79 Å². The molecule has 9 heteroatoms. The van der Waals surface area contributed by atoms with Crippen molar-refractivity contribution in [3.63, 3.8) is 0 Å². The Bertz CT molecular complexity index is 747. The molecule has 0 aliphatic heterocycles. The van der Waals surface area contributed by atoms with E-state index in [4.69, 9.17) is 14.2 Å². The Morgan fingerprint density at radius 3 is 2.30 bits per heavy atom. The summed E-state index contributed by atoms with van der Waals surface area (Å²) in [5, 5.41) is 11.4. The van der Waals surface area contributed by atoms with Crippen LogP contribution in [0.15, 0.2) is 22.0 Å². The highest BCUT2D eigenvalue weighted by molar-refractivity contribution is 5.82. The largest absolute Gasteiger partial charge is 0.493 e. The fourth-order valence-corrected chi connectivity index (χ4v) is 1.79. The van der Waals surface area contributed by atoms with Crippen LogP contribution in [0.2, 0.25) is 0 Å². The molecule has 0 aliphatic carbocycles. The van der Waals surface area contributed by atoms with Crippen molar-refractivity contribution in [1.29, 1.82) is 0 Å². The molecule has 2 N–H and O–H groups in total. The number of H-pyrrole nitrogens is 1. The lowest BCUT2D eigenvalue weighted by Gasteiger charge is -2.12. The number of benzene rings is 1. The van der Waals surface area contributed by atoms with Crippen LogP contribution in [0.25, 0.3) is 0 Å². The fourth-order valence-electron chi connectivity index (χ4n) is 1.79. The van der Waals surface area contributed by atoms with Crippen molar-refractivity contribution in [2.75, 3.05) is 26.8 Å². The van der Waals surface area contributed by atoms with Crippen molar-refractivity contribution >= 4 is 12.2 Å². The Morgan fingerprint density at radius 2 is 1.78 bits per heavy atom. The van der Waals surface area contributed by atoms with E-state index in [1.165, 1.54) is 27.5 Å². The highest BCUT2D eigenvalue weighted by Gasteiger charge is 2.12. The molecule has 1 aromatic carbocycles. The number of aromatic nitrogens is 3. The number of hydrogen-bond acceptors (Lipinski definition) is 8. The summed E-state index contributed by atoms with van der Waals surface area (Å²) in [6, 6.07) is 3.46. The molecule has 122 valence electrons. The number of methoxy groups -OCH3 is 3. The summed E-state index contributed by atoms with van der Waals surface area (Å²) in [5.41, 5.74) is 3.25. The van der Waals surface area contributed by atoms with Gasteiger partial charge < -0.3 is 14.2 Å². The third kappa shape index (κ3) is 3.76. The molecule has 2 aromatic rings. The third-order valence-corrected chi connectivity index (χ3v) is 2.93. The minimum Gasteiger partial charge on any atom is -0.493 e. The van der Waals surface area contributed by atoms with Gasteiger partial charge in [0.1, 0.15) is 5.69 Å². The average Bonchev–Trinajstić information content (AvgIpc) is 2.57. The second-order valence-electron chi connectivity index (χ2n) is 4.42. The van der Waals surface area contributed by atoms with E-state index in [-0.39, 0.29) is 17.2 Å². The normalized spacial score (nSPS) is 10.6. The standard InChI is InChI=1S/C14H17N5O4/c1-8-13(20)16-14(19-17-8)18-15-7-9-5-10(21-2)12(23-4)11(6-9)22-3/h5-7H,1-4H3,(H2,16,18,19,20)/b15-7-. The zero-order valence-electron chi connectivity index (χ0n) is 13.2. The van der Waals surface area contributed by atoms with E-state index in [0.29, 0.717) is 22.8 Å². The Balaban J connectivity index is 2.21. The van der Waals surface area contributed by atoms with Gasteiger partial charge in [-0.1, -0.05) is 0 Å². The highest BCUT2D eigenvalue weighted by atomic mass is 16.5. The van der Waals surface area contributed by atoms with E-state index in [0.717, 1.165) is 0 Å². The fraction of sp³-hybridized carbons (Fsp3) is 0.286. The van der Waals surface area contributed by atoms with Crippen LogP contribution in [-0.4, -0.2) is 42.7 Å². The number of nitrogens with zero attached hydrogens (tertiary/aromatic N) is 3. The van der Waals surface area contributed by atoms with Gasteiger partial charge >= 0.3 is 0 Å². The van der Waals surface area contributed by atoms with Gasteiger partial charge in [-0.05, 0) is 19.1 Å². The molecule has 1 aromatic heterocycles. The number of aromatic amines is 1. The van der Waals surface area contributed by atoms with Gasteiger partial charge in [0.25, 0.3) is 5.56 Å². The summed E-state index contributed by atoms with van der Waals surface area (Å²) in [7, 11) is 4.59. The van der Waals surface area contributed by atoms with Crippen LogP contribution >= 0.6 is 0 Å². The first-order valence-electron chi connectivity index (χ1n) is 6.61. The van der Waals surface area contributed by atoms with E-state index in [2.05, 4.69) is 25.7 Å². The number of aryl methyl sites for hydroxylation is 1. The van der Waals surface area contributed by atoms with Crippen molar-refractivity contribution in [3.8, 4) is 17.2 Å². The molecule has 0 bridgehead atoms. The maximum atomic E-state index is 11.4. The Kier molecular flexibility index (Phi) is 5.13. The molecule has 0 saturated carbocycles. The summed E-state index contributed by atoms with van der Waals surface area (Å²) in [6.07, 6.45) is 1.52. The summed E-state index contributed by atoms with van der Waals surface area (Å²) >= 11 is 0. The zero-order valence-corrected chi connectivity index (χ0v) is 13.2. The molecule has 0 spiro atoms. The predicted octanol–water partition coefficient (Wildman–Crippen LogP) is 0.945. The van der Waals surface area contributed by atoms with Gasteiger partial charge in [-0.2, -0.15) is 5.10 Å². The molecule has 9 nitrogen and oxygen atoms in total. The van der Waals surface area contributed by atoms with Crippen molar-refractivity contribution in [2.24, 2.45) is 5.10 Å². The van der Waals surface area contributed by atoms with Gasteiger partial charge in [-0.15, -0.1) is 10.2 Å². The molecule has 0 amide bonds. The number of rotatable bonds is 6. The number of nitrogens with one attached hydrogen (secondary N) is 2. The quantitative estimate of drug-likeness (QED) is 0.602. The third-order valence-electron chi connectivity index (χ3n) is 2.93. The van der Waals surface area contributed by atoms with Crippen molar-refractivity contribution in [1.82, 2.24) is 15.2 Å². The molecule has 1 heterocycles. The van der Waals surface area contributed by atoms with Crippen LogP contribution in [0.4, 0.5) is 5.95 Å². The van der Waals surface area contributed by atoms with Crippen LogP contribution in [0.1, 0.15) is 11.3 Å². The van der Waals surface area contributed by atoms with E-state index in [1.54, 1.807) is 19.1 Å². The van der Waals surface area contributed by atoms with Crippen LogP contribution in [0.3, 0.4) is 0 Å². The second-order valence-corrected chi connectivity index (χ2v) is 4.42. The van der Waals surface area contributed by atoms with Gasteiger partial charge in [0.15, 0.2) is 11.5 Å². The number of ether oxygens (including phenoxy) is 3. The minimum atomic E-state index is -0.328. The molecule has 0 radical (unpaired) electrons. The van der Waals surface area contributed by atoms with Crippen LogP contribution in [0, 0.1) is 6.92 Å². The van der Waals surface area contributed by atoms with Gasteiger partial charge in [-0.3, -0.25) is 9.78 Å². The van der Waals surface area contributed by atoms with E-state index in [1.807, 2.05) is 0 Å². The van der Waals surface area contributed by atoms with Crippen molar-refractivity contribution in [2.45, 2.75) is 6.92 Å². The summed E-state index contributed by atoms with van der Waals surface area (Å²) in [5.74, 6) is 1.66. The van der Waals surface area contributed by atoms with Gasteiger partial charge in [0.05, 0.1) is 27.5 Å². The highest BCUT2D eigenvalue weighted by Crippen LogP contribution is 2.37. The topological polar surface area (TPSA) is 111 Å². The molecule has 0 aliphatic rings. The van der Waals surface area contributed by atoms with E-state index < -0.39 is 0 Å². The van der Waals surface area contributed by atoms with Crippen LogP contribution in [0.5, 0.6) is 17.2 Å². The van der Waals surface area contributed by atoms with Gasteiger partial charge in [0.2, 0.25) is 11.7 Å². The lowest BCUT2D eigenvalue weighted by atomic mass is 10.2. The molecule has 0 saturated heterocycles. The van der Waals surface area contributed by atoms with Crippen molar-refractivity contribution < 1.29 is 14.2 Å². The predicted molar refractivity (Wildman–Crippen MR) is 84.7 cm³/mol. The molecular weight excluding hydrogens is 302 g/mol. The summed E-state index contributed by atoms with van der Waals surface area (Å²) in [4.78, 5) is 13.9. The van der Waals surface area contributed by atoms with Gasteiger partial charge in [-0.25, -0.2) is 5.43 Å². The first kappa shape index (κ1) is 16.3. The SMILES string of the molecule is COc1cc(/C=N\Nc2nnc(C)c(=O)[nH]2)cc(OC)c1OC. The number of hydrogen-bond donors (Lipinski definition) is 2. The number of anilines is 1. The van der Waals surface area contributed by atoms with E-state index >= 15 is 0 Å². The van der Waals surface area contributed by atoms with Crippen LogP contribution in [-0.2, 0) is 0 Å². The first-order valence-corrected chi connectivity index (χ1v) is 6.61. The molecule has 0 unspecified atom stereocenters. The second kappa shape index (κ2) is 7.25. The maximum Gasteiger partial charge on any atom is 0.274 e. The Morgan fingerprint density at radius 1 is 1.13 bits per heavy atom. The minimum absolute atomic E-state index is 0.143. The molecule has 2 rings (SSSR count). The average molecular weight is 319 g/mol. The molecular formula is C14H17N5O4. The van der Waals surface area contributed by atoms with Crippen molar-refractivity contribution in [3.05, 3.63) is 33.7 Å². The zero-order chi connectivity index (χ0) is 16.8.